The van der Waals surface area contributed by atoms with Crippen LogP contribution >= 0.6 is 22.6 Å². The summed E-state index contributed by atoms with van der Waals surface area (Å²) in [6, 6.07) is 14.6. The van der Waals surface area contributed by atoms with Crippen molar-refractivity contribution in [3.8, 4) is 11.1 Å². The van der Waals surface area contributed by atoms with Gasteiger partial charge in [0.25, 0.3) is 0 Å². The van der Waals surface area contributed by atoms with E-state index in [0.717, 1.165) is 9.13 Å². The third-order valence-corrected chi connectivity index (χ3v) is 2.98. The fourth-order valence-corrected chi connectivity index (χ4v) is 2.04. The molecule has 0 N–H and O–H groups in total. The molecule has 0 heterocycles. The molecule has 14 heavy (non-hydrogen) atoms. The van der Waals surface area contributed by atoms with Crippen LogP contribution in [0.15, 0.2) is 48.5 Å². The van der Waals surface area contributed by atoms with Gasteiger partial charge in [-0.3, -0.25) is 0 Å². The van der Waals surface area contributed by atoms with Gasteiger partial charge in [0.05, 0.1) is 0 Å². The van der Waals surface area contributed by atoms with Gasteiger partial charge in [0.2, 0.25) is 0 Å². The fraction of sp³-hybridized carbons (Fsp3) is 0. The van der Waals surface area contributed by atoms with Gasteiger partial charge in [-0.05, 0) is 40.3 Å². The smallest absolute Gasteiger partial charge is 0.131 e. The third kappa shape index (κ3) is 1.80. The highest BCUT2D eigenvalue weighted by Crippen LogP contribution is 2.26. The molecule has 0 fully saturated rings. The van der Waals surface area contributed by atoms with Crippen molar-refractivity contribution in [3.05, 3.63) is 57.9 Å². The van der Waals surface area contributed by atoms with Gasteiger partial charge in [-0.2, -0.15) is 0 Å². The van der Waals surface area contributed by atoms with E-state index in [0.29, 0.717) is 5.56 Å². The molecule has 0 aliphatic heterocycles. The largest absolute Gasteiger partial charge is 0.206 e. The van der Waals surface area contributed by atoms with Crippen LogP contribution in [0.2, 0.25) is 0 Å². The summed E-state index contributed by atoms with van der Waals surface area (Å²) in [5.41, 5.74) is 1.61. The molecule has 0 aliphatic rings. The molecule has 0 radical (unpaired) electrons. The van der Waals surface area contributed by atoms with Crippen LogP contribution in [0.5, 0.6) is 0 Å². The molecular weight excluding hydrogens is 290 g/mol. The van der Waals surface area contributed by atoms with Gasteiger partial charge in [-0.25, -0.2) is 4.39 Å². The van der Waals surface area contributed by atoms with Gasteiger partial charge in [-0.15, -0.1) is 0 Å². The molecule has 0 unspecified atom stereocenters. The highest BCUT2D eigenvalue weighted by atomic mass is 127. The van der Waals surface area contributed by atoms with Gasteiger partial charge < -0.3 is 0 Å². The van der Waals surface area contributed by atoms with Crippen LogP contribution in [0.3, 0.4) is 0 Å². The van der Waals surface area contributed by atoms with Crippen LogP contribution in [0, 0.1) is 9.39 Å². The first-order valence-corrected chi connectivity index (χ1v) is 5.36. The molecule has 2 heteroatoms. The zero-order valence-electron chi connectivity index (χ0n) is 7.37. The topological polar surface area (TPSA) is 0 Å². The maximum atomic E-state index is 13.5. The minimum atomic E-state index is -0.170. The predicted octanol–water partition coefficient (Wildman–Crippen LogP) is 4.10. The van der Waals surface area contributed by atoms with E-state index in [2.05, 4.69) is 22.6 Å². The monoisotopic (exact) mass is 298 g/mol. The van der Waals surface area contributed by atoms with Crippen LogP contribution in [-0.2, 0) is 0 Å². The molecule has 2 aromatic carbocycles. The van der Waals surface area contributed by atoms with Gasteiger partial charge in [0, 0.05) is 9.13 Å². The summed E-state index contributed by atoms with van der Waals surface area (Å²) in [7, 11) is 0. The molecule has 70 valence electrons. The molecule has 0 aliphatic carbocycles. The molecule has 0 bridgehead atoms. The van der Waals surface area contributed by atoms with Crippen molar-refractivity contribution in [2.24, 2.45) is 0 Å². The zero-order valence-corrected chi connectivity index (χ0v) is 9.53. The Morgan fingerprint density at radius 2 is 1.36 bits per heavy atom. The molecule has 0 aromatic heterocycles. The highest BCUT2D eigenvalue weighted by molar-refractivity contribution is 14.1. The quantitative estimate of drug-likeness (QED) is 0.695. The zero-order chi connectivity index (χ0) is 9.97. The van der Waals surface area contributed by atoms with E-state index in [1.807, 2.05) is 30.3 Å². The Hall–Kier alpha value is -0.900. The Bertz CT molecular complexity index is 408. The second-order valence-corrected chi connectivity index (χ2v) is 4.12. The highest BCUT2D eigenvalue weighted by Gasteiger charge is 2.05. The maximum absolute atomic E-state index is 13.5. The molecular formula is C12H8FI. The Balaban J connectivity index is 2.61. The van der Waals surface area contributed by atoms with Crippen LogP contribution in [0.1, 0.15) is 0 Å². The predicted molar refractivity (Wildman–Crippen MR) is 64.6 cm³/mol. The molecule has 0 atom stereocenters. The van der Waals surface area contributed by atoms with E-state index in [1.165, 1.54) is 6.07 Å². The van der Waals surface area contributed by atoms with Gasteiger partial charge in [0.15, 0.2) is 0 Å². The average Bonchev–Trinajstić information content (AvgIpc) is 2.20. The lowest BCUT2D eigenvalue weighted by atomic mass is 10.1. The lowest BCUT2D eigenvalue weighted by molar-refractivity contribution is 0.631. The average molecular weight is 298 g/mol. The van der Waals surface area contributed by atoms with Crippen LogP contribution < -0.4 is 0 Å². The summed E-state index contributed by atoms with van der Waals surface area (Å²) >= 11 is 2.21. The number of hydrogen-bond donors (Lipinski definition) is 0. The molecule has 0 saturated carbocycles. The van der Waals surface area contributed by atoms with Crippen molar-refractivity contribution in [1.82, 2.24) is 0 Å². The number of halogens is 2. The fourth-order valence-electron chi connectivity index (χ4n) is 1.36. The summed E-state index contributed by atoms with van der Waals surface area (Å²) in [4.78, 5) is 0. The molecule has 0 nitrogen and oxygen atoms in total. The van der Waals surface area contributed by atoms with Crippen molar-refractivity contribution >= 4 is 22.6 Å². The summed E-state index contributed by atoms with van der Waals surface area (Å²) in [5.74, 6) is -0.170. The number of benzene rings is 2. The molecule has 2 rings (SSSR count). The van der Waals surface area contributed by atoms with Crippen molar-refractivity contribution < 1.29 is 4.39 Å². The Morgan fingerprint density at radius 1 is 0.786 bits per heavy atom. The second-order valence-electron chi connectivity index (χ2n) is 2.96. The van der Waals surface area contributed by atoms with Crippen molar-refractivity contribution in [3.63, 3.8) is 0 Å². The summed E-state index contributed by atoms with van der Waals surface area (Å²) < 4.78 is 14.5. The first-order valence-electron chi connectivity index (χ1n) is 4.28. The van der Waals surface area contributed by atoms with Gasteiger partial charge in [0.1, 0.15) is 5.82 Å². The van der Waals surface area contributed by atoms with Crippen molar-refractivity contribution in [2.45, 2.75) is 0 Å². The molecule has 2 aromatic rings. The number of rotatable bonds is 1. The normalized spacial score (nSPS) is 10.1. The van der Waals surface area contributed by atoms with Crippen LogP contribution in [0.4, 0.5) is 4.39 Å². The minimum absolute atomic E-state index is 0.170. The van der Waals surface area contributed by atoms with E-state index in [1.54, 1.807) is 12.1 Å². The lowest BCUT2D eigenvalue weighted by Gasteiger charge is -2.04. The second kappa shape index (κ2) is 4.09. The standard InChI is InChI=1S/C12H8FI/c13-11-7-3-1-5-9(11)10-6-2-4-8-12(10)14/h1-8H. The van der Waals surface area contributed by atoms with Crippen molar-refractivity contribution in [2.75, 3.05) is 0 Å². The Morgan fingerprint density at radius 3 is 2.00 bits per heavy atom. The van der Waals surface area contributed by atoms with E-state index in [-0.39, 0.29) is 5.82 Å². The first kappa shape index (κ1) is 9.65. The van der Waals surface area contributed by atoms with E-state index < -0.39 is 0 Å². The summed E-state index contributed by atoms with van der Waals surface area (Å²) in [6.45, 7) is 0. The molecule has 0 saturated heterocycles. The van der Waals surface area contributed by atoms with Crippen molar-refractivity contribution in [1.29, 1.82) is 0 Å². The first-order chi connectivity index (χ1) is 6.79. The lowest BCUT2D eigenvalue weighted by Crippen LogP contribution is -1.85. The number of hydrogen-bond acceptors (Lipinski definition) is 0. The molecule has 0 spiro atoms. The summed E-state index contributed by atoms with van der Waals surface area (Å²) in [6.07, 6.45) is 0. The van der Waals surface area contributed by atoms with Gasteiger partial charge in [-0.1, -0.05) is 36.4 Å². The van der Waals surface area contributed by atoms with Crippen LogP contribution in [0.25, 0.3) is 11.1 Å². The SMILES string of the molecule is Fc1ccccc1-c1ccccc1I. The molecule has 0 amide bonds. The van der Waals surface area contributed by atoms with Crippen LogP contribution in [-0.4, -0.2) is 0 Å². The van der Waals surface area contributed by atoms with Gasteiger partial charge >= 0.3 is 0 Å². The third-order valence-electron chi connectivity index (χ3n) is 2.04. The van der Waals surface area contributed by atoms with E-state index in [4.69, 9.17) is 0 Å². The Labute approximate surface area is 95.9 Å². The van der Waals surface area contributed by atoms with E-state index in [9.17, 15) is 4.39 Å². The Kier molecular flexibility index (Phi) is 2.82. The minimum Gasteiger partial charge on any atom is -0.206 e. The maximum Gasteiger partial charge on any atom is 0.131 e. The summed E-state index contributed by atoms with van der Waals surface area (Å²) in [5, 5.41) is 0. The van der Waals surface area contributed by atoms with E-state index >= 15 is 0 Å².